The van der Waals surface area contributed by atoms with Gasteiger partial charge in [0.2, 0.25) is 5.89 Å². The third-order valence-electron chi connectivity index (χ3n) is 3.18. The average Bonchev–Trinajstić information content (AvgIpc) is 2.60. The van der Waals surface area contributed by atoms with Crippen molar-refractivity contribution < 1.29 is 4.52 Å². The van der Waals surface area contributed by atoms with Crippen molar-refractivity contribution in [1.29, 1.82) is 0 Å². The second-order valence-corrected chi connectivity index (χ2v) is 4.73. The highest BCUT2D eigenvalue weighted by molar-refractivity contribution is 5.00. The fraction of sp³-hybridized carbons (Fsp3) is 0.833. The number of hydrogen-bond donors (Lipinski definition) is 1. The van der Waals surface area contributed by atoms with Crippen LogP contribution in [0.15, 0.2) is 4.52 Å². The summed E-state index contributed by atoms with van der Waals surface area (Å²) in [6.07, 6.45) is 5.75. The van der Waals surface area contributed by atoms with Crippen molar-refractivity contribution in [3.8, 4) is 0 Å². The SMILES string of the molecule is CCCNC(C)Cc1nc(C2CCC2)no1. The van der Waals surface area contributed by atoms with E-state index in [4.69, 9.17) is 4.52 Å². The van der Waals surface area contributed by atoms with Crippen LogP contribution in [-0.4, -0.2) is 22.7 Å². The van der Waals surface area contributed by atoms with E-state index in [1.807, 2.05) is 0 Å². The molecule has 2 rings (SSSR count). The van der Waals surface area contributed by atoms with Crippen molar-refractivity contribution in [2.24, 2.45) is 0 Å². The second-order valence-electron chi connectivity index (χ2n) is 4.73. The molecule has 0 bridgehead atoms. The summed E-state index contributed by atoms with van der Waals surface area (Å²) in [6, 6.07) is 0.412. The summed E-state index contributed by atoms with van der Waals surface area (Å²) in [7, 11) is 0. The highest BCUT2D eigenvalue weighted by Gasteiger charge is 2.24. The van der Waals surface area contributed by atoms with Gasteiger partial charge in [0.1, 0.15) is 0 Å². The summed E-state index contributed by atoms with van der Waals surface area (Å²) in [6.45, 7) is 5.37. The standard InChI is InChI=1S/C12H21N3O/c1-3-7-13-9(2)8-11-14-12(15-16-11)10-5-4-6-10/h9-10,13H,3-8H2,1-2H3. The Bertz CT molecular complexity index is 320. The Morgan fingerprint density at radius 1 is 1.50 bits per heavy atom. The van der Waals surface area contributed by atoms with Crippen LogP contribution in [0, 0.1) is 0 Å². The first kappa shape index (κ1) is 11.6. The predicted octanol–water partition coefficient (Wildman–Crippen LogP) is 2.27. The van der Waals surface area contributed by atoms with Crippen LogP contribution in [0.1, 0.15) is 57.2 Å². The molecule has 0 spiro atoms. The highest BCUT2D eigenvalue weighted by Crippen LogP contribution is 2.34. The maximum Gasteiger partial charge on any atom is 0.228 e. The topological polar surface area (TPSA) is 51.0 Å². The first-order chi connectivity index (χ1) is 7.79. The molecule has 1 fully saturated rings. The fourth-order valence-corrected chi connectivity index (χ4v) is 1.91. The van der Waals surface area contributed by atoms with E-state index in [-0.39, 0.29) is 0 Å². The van der Waals surface area contributed by atoms with Crippen LogP contribution in [0.3, 0.4) is 0 Å². The average molecular weight is 223 g/mol. The smallest absolute Gasteiger partial charge is 0.228 e. The quantitative estimate of drug-likeness (QED) is 0.803. The number of aromatic nitrogens is 2. The minimum Gasteiger partial charge on any atom is -0.339 e. The minimum absolute atomic E-state index is 0.412. The van der Waals surface area contributed by atoms with Gasteiger partial charge >= 0.3 is 0 Å². The zero-order valence-corrected chi connectivity index (χ0v) is 10.2. The second kappa shape index (κ2) is 5.43. The van der Waals surface area contributed by atoms with E-state index >= 15 is 0 Å². The van der Waals surface area contributed by atoms with Crippen molar-refractivity contribution in [2.45, 2.75) is 57.9 Å². The zero-order chi connectivity index (χ0) is 11.4. The van der Waals surface area contributed by atoms with Crippen LogP contribution in [0.25, 0.3) is 0 Å². The molecule has 1 aromatic heterocycles. The first-order valence-corrected chi connectivity index (χ1v) is 6.35. The van der Waals surface area contributed by atoms with Crippen molar-refractivity contribution >= 4 is 0 Å². The molecular formula is C12H21N3O. The van der Waals surface area contributed by atoms with Crippen LogP contribution >= 0.6 is 0 Å². The lowest BCUT2D eigenvalue weighted by Crippen LogP contribution is -2.28. The van der Waals surface area contributed by atoms with Crippen molar-refractivity contribution in [3.05, 3.63) is 11.7 Å². The Kier molecular flexibility index (Phi) is 3.93. The molecule has 4 heteroatoms. The summed E-state index contributed by atoms with van der Waals surface area (Å²) in [5.74, 6) is 2.26. The van der Waals surface area contributed by atoms with Crippen molar-refractivity contribution in [3.63, 3.8) is 0 Å². The number of nitrogens with one attached hydrogen (secondary N) is 1. The molecule has 1 heterocycles. The van der Waals surface area contributed by atoms with E-state index in [1.165, 1.54) is 19.3 Å². The van der Waals surface area contributed by atoms with Crippen molar-refractivity contribution in [2.75, 3.05) is 6.54 Å². The number of rotatable bonds is 6. The molecule has 1 atom stereocenters. The highest BCUT2D eigenvalue weighted by atomic mass is 16.5. The molecule has 1 aromatic rings. The molecular weight excluding hydrogens is 202 g/mol. The van der Waals surface area contributed by atoms with Gasteiger partial charge < -0.3 is 9.84 Å². The third-order valence-corrected chi connectivity index (χ3v) is 3.18. The monoisotopic (exact) mass is 223 g/mol. The summed E-state index contributed by atoms with van der Waals surface area (Å²) in [5.41, 5.74) is 0. The Morgan fingerprint density at radius 3 is 2.94 bits per heavy atom. The molecule has 1 aliphatic carbocycles. The lowest BCUT2D eigenvalue weighted by Gasteiger charge is -2.20. The van der Waals surface area contributed by atoms with E-state index in [2.05, 4.69) is 29.3 Å². The Labute approximate surface area is 96.8 Å². The van der Waals surface area contributed by atoms with Gasteiger partial charge in [0.15, 0.2) is 5.82 Å². The third kappa shape index (κ3) is 2.82. The van der Waals surface area contributed by atoms with Crippen LogP contribution in [0.4, 0.5) is 0 Å². The lowest BCUT2D eigenvalue weighted by atomic mass is 9.85. The van der Waals surface area contributed by atoms with E-state index in [1.54, 1.807) is 0 Å². The summed E-state index contributed by atoms with van der Waals surface area (Å²) >= 11 is 0. The molecule has 90 valence electrons. The number of hydrogen-bond acceptors (Lipinski definition) is 4. The predicted molar refractivity (Wildman–Crippen MR) is 62.3 cm³/mol. The minimum atomic E-state index is 0.412. The molecule has 4 nitrogen and oxygen atoms in total. The van der Waals surface area contributed by atoms with Gasteiger partial charge in [-0.3, -0.25) is 0 Å². The fourth-order valence-electron chi connectivity index (χ4n) is 1.91. The molecule has 0 amide bonds. The van der Waals surface area contributed by atoms with Crippen LogP contribution < -0.4 is 5.32 Å². The summed E-state index contributed by atoms with van der Waals surface area (Å²) < 4.78 is 5.27. The molecule has 0 saturated heterocycles. The molecule has 1 N–H and O–H groups in total. The summed E-state index contributed by atoms with van der Waals surface area (Å²) in [5, 5.41) is 7.48. The van der Waals surface area contributed by atoms with Gasteiger partial charge in [0.25, 0.3) is 0 Å². The largest absolute Gasteiger partial charge is 0.339 e. The van der Waals surface area contributed by atoms with E-state index in [0.717, 1.165) is 31.1 Å². The van der Waals surface area contributed by atoms with Crippen LogP contribution in [-0.2, 0) is 6.42 Å². The summed E-state index contributed by atoms with van der Waals surface area (Å²) in [4.78, 5) is 4.46. The normalized spacial score (nSPS) is 18.4. The van der Waals surface area contributed by atoms with Gasteiger partial charge in [0, 0.05) is 18.4 Å². The van der Waals surface area contributed by atoms with Gasteiger partial charge in [-0.15, -0.1) is 0 Å². The van der Waals surface area contributed by atoms with Gasteiger partial charge in [-0.2, -0.15) is 4.98 Å². The van der Waals surface area contributed by atoms with Gasteiger partial charge in [-0.1, -0.05) is 18.5 Å². The molecule has 16 heavy (non-hydrogen) atoms. The van der Waals surface area contributed by atoms with Gasteiger partial charge in [-0.05, 0) is 32.7 Å². The number of nitrogens with zero attached hydrogens (tertiary/aromatic N) is 2. The zero-order valence-electron chi connectivity index (χ0n) is 10.2. The first-order valence-electron chi connectivity index (χ1n) is 6.35. The maximum absolute atomic E-state index is 5.27. The Hall–Kier alpha value is -0.900. The Morgan fingerprint density at radius 2 is 2.31 bits per heavy atom. The molecule has 1 saturated carbocycles. The van der Waals surface area contributed by atoms with Crippen LogP contribution in [0.5, 0.6) is 0 Å². The van der Waals surface area contributed by atoms with E-state index in [9.17, 15) is 0 Å². The maximum atomic E-state index is 5.27. The van der Waals surface area contributed by atoms with Gasteiger partial charge in [0.05, 0.1) is 0 Å². The Balaban J connectivity index is 1.82. The van der Waals surface area contributed by atoms with E-state index in [0.29, 0.717) is 12.0 Å². The molecule has 1 unspecified atom stereocenters. The molecule has 1 aliphatic rings. The van der Waals surface area contributed by atoms with Crippen molar-refractivity contribution in [1.82, 2.24) is 15.5 Å². The molecule has 0 aromatic carbocycles. The molecule has 0 radical (unpaired) electrons. The van der Waals surface area contributed by atoms with E-state index < -0.39 is 0 Å². The van der Waals surface area contributed by atoms with Gasteiger partial charge in [-0.25, -0.2) is 0 Å². The lowest BCUT2D eigenvalue weighted by molar-refractivity contribution is 0.339. The molecule has 0 aliphatic heterocycles. The van der Waals surface area contributed by atoms with Crippen LogP contribution in [0.2, 0.25) is 0 Å².